The van der Waals surface area contributed by atoms with Crippen LogP contribution in [0.5, 0.6) is 5.75 Å². The van der Waals surface area contributed by atoms with Gasteiger partial charge in [-0.15, -0.1) is 0 Å². The van der Waals surface area contributed by atoms with Crippen LogP contribution in [0.25, 0.3) is 0 Å². The Balaban J connectivity index is 1.92. The summed E-state index contributed by atoms with van der Waals surface area (Å²) in [7, 11) is 0. The summed E-state index contributed by atoms with van der Waals surface area (Å²) in [5, 5.41) is 21.6. The lowest BCUT2D eigenvalue weighted by atomic mass is 9.82. The second-order valence-corrected chi connectivity index (χ2v) is 5.37. The van der Waals surface area contributed by atoms with Crippen molar-refractivity contribution in [2.24, 2.45) is 5.41 Å². The first kappa shape index (κ1) is 14.4. The number of hydrogen-bond acceptors (Lipinski definition) is 3. The van der Waals surface area contributed by atoms with Crippen molar-refractivity contribution in [1.82, 2.24) is 5.32 Å². The monoisotopic (exact) mass is 277 g/mol. The lowest BCUT2D eigenvalue weighted by molar-refractivity contribution is -0.151. The average Bonchev–Trinajstić information content (AvgIpc) is 2.88. The molecule has 1 aromatic rings. The van der Waals surface area contributed by atoms with Crippen molar-refractivity contribution in [2.75, 3.05) is 0 Å². The van der Waals surface area contributed by atoms with Crippen LogP contribution in [-0.4, -0.2) is 22.1 Å². The van der Waals surface area contributed by atoms with Gasteiger partial charge in [-0.1, -0.05) is 31.0 Å². The fraction of sp³-hybridized carbons (Fsp3) is 0.467. The Morgan fingerprint density at radius 2 is 1.85 bits per heavy atom. The Kier molecular flexibility index (Phi) is 4.27. The highest BCUT2D eigenvalue weighted by molar-refractivity contribution is 5.85. The van der Waals surface area contributed by atoms with Gasteiger partial charge in [-0.3, -0.25) is 9.59 Å². The third kappa shape index (κ3) is 3.10. The number of benzene rings is 1. The maximum atomic E-state index is 11.9. The summed E-state index contributed by atoms with van der Waals surface area (Å²) in [4.78, 5) is 23.3. The van der Waals surface area contributed by atoms with E-state index in [1.54, 1.807) is 24.3 Å². The maximum absolute atomic E-state index is 11.9. The third-order valence-corrected chi connectivity index (χ3v) is 3.98. The molecule has 5 nitrogen and oxygen atoms in total. The van der Waals surface area contributed by atoms with E-state index in [0.29, 0.717) is 18.4 Å². The summed E-state index contributed by atoms with van der Waals surface area (Å²) in [5.41, 5.74) is -0.278. The number of amides is 1. The number of carbonyl (C=O) groups is 2. The van der Waals surface area contributed by atoms with E-state index in [2.05, 4.69) is 5.32 Å². The SMILES string of the molecule is O=C(CC1(C(=O)O)CCCC1)NCc1ccccc1O. The molecule has 1 aliphatic carbocycles. The van der Waals surface area contributed by atoms with Gasteiger partial charge in [0.05, 0.1) is 5.41 Å². The molecular formula is C15H19NO4. The molecule has 20 heavy (non-hydrogen) atoms. The predicted molar refractivity (Wildman–Crippen MR) is 73.1 cm³/mol. The van der Waals surface area contributed by atoms with Gasteiger partial charge in [-0.05, 0) is 18.9 Å². The number of carboxylic acids is 1. The number of rotatable bonds is 5. The first-order valence-electron chi connectivity index (χ1n) is 6.80. The van der Waals surface area contributed by atoms with Gasteiger partial charge in [0.1, 0.15) is 5.75 Å². The molecule has 0 aliphatic heterocycles. The molecule has 2 rings (SSSR count). The van der Waals surface area contributed by atoms with Gasteiger partial charge in [0, 0.05) is 18.5 Å². The highest BCUT2D eigenvalue weighted by Gasteiger charge is 2.42. The van der Waals surface area contributed by atoms with Crippen LogP contribution < -0.4 is 5.32 Å². The first-order chi connectivity index (χ1) is 9.53. The lowest BCUT2D eigenvalue weighted by Crippen LogP contribution is -2.35. The van der Waals surface area contributed by atoms with Gasteiger partial charge in [0.25, 0.3) is 0 Å². The van der Waals surface area contributed by atoms with Crippen molar-refractivity contribution >= 4 is 11.9 Å². The van der Waals surface area contributed by atoms with E-state index in [9.17, 15) is 19.8 Å². The van der Waals surface area contributed by atoms with Crippen molar-refractivity contribution in [1.29, 1.82) is 0 Å². The van der Waals surface area contributed by atoms with Crippen molar-refractivity contribution in [3.05, 3.63) is 29.8 Å². The van der Waals surface area contributed by atoms with Crippen molar-refractivity contribution < 1.29 is 19.8 Å². The summed E-state index contributed by atoms with van der Waals surface area (Å²) in [6.45, 7) is 0.210. The molecule has 108 valence electrons. The summed E-state index contributed by atoms with van der Waals surface area (Å²) in [6.07, 6.45) is 2.85. The van der Waals surface area contributed by atoms with E-state index >= 15 is 0 Å². The van der Waals surface area contributed by atoms with E-state index in [0.717, 1.165) is 12.8 Å². The molecular weight excluding hydrogens is 258 g/mol. The Bertz CT molecular complexity index is 506. The van der Waals surface area contributed by atoms with E-state index in [-0.39, 0.29) is 24.6 Å². The van der Waals surface area contributed by atoms with Crippen LogP contribution >= 0.6 is 0 Å². The molecule has 5 heteroatoms. The van der Waals surface area contributed by atoms with E-state index in [1.807, 2.05) is 0 Å². The molecule has 0 aromatic heterocycles. The number of para-hydroxylation sites is 1. The molecule has 1 amide bonds. The van der Waals surface area contributed by atoms with Crippen LogP contribution in [0.1, 0.15) is 37.7 Å². The molecule has 0 radical (unpaired) electrons. The van der Waals surface area contributed by atoms with Gasteiger partial charge in [0.15, 0.2) is 0 Å². The van der Waals surface area contributed by atoms with Crippen LogP contribution in [0, 0.1) is 5.41 Å². The molecule has 1 aliphatic rings. The largest absolute Gasteiger partial charge is 0.508 e. The van der Waals surface area contributed by atoms with Gasteiger partial charge >= 0.3 is 5.97 Å². The number of phenolic OH excluding ortho intramolecular Hbond substituents is 1. The number of nitrogens with one attached hydrogen (secondary N) is 1. The highest BCUT2D eigenvalue weighted by Crippen LogP contribution is 2.41. The highest BCUT2D eigenvalue weighted by atomic mass is 16.4. The van der Waals surface area contributed by atoms with Crippen LogP contribution in [0.2, 0.25) is 0 Å². The third-order valence-electron chi connectivity index (χ3n) is 3.98. The minimum Gasteiger partial charge on any atom is -0.508 e. The molecule has 0 unspecified atom stereocenters. The molecule has 0 spiro atoms. The maximum Gasteiger partial charge on any atom is 0.310 e. The molecule has 0 saturated heterocycles. The number of aliphatic carboxylic acids is 1. The van der Waals surface area contributed by atoms with Gasteiger partial charge in [-0.2, -0.15) is 0 Å². The van der Waals surface area contributed by atoms with Gasteiger partial charge < -0.3 is 15.5 Å². The quantitative estimate of drug-likeness (QED) is 0.768. The van der Waals surface area contributed by atoms with Crippen molar-refractivity contribution in [2.45, 2.75) is 38.6 Å². The Morgan fingerprint density at radius 1 is 1.20 bits per heavy atom. The van der Waals surface area contributed by atoms with Crippen LogP contribution in [0.4, 0.5) is 0 Å². The molecule has 0 heterocycles. The standard InChI is InChI=1S/C15H19NO4/c17-12-6-2-1-5-11(12)10-16-13(18)9-15(14(19)20)7-3-4-8-15/h1-2,5-6,17H,3-4,7-10H2,(H,16,18)(H,19,20). The zero-order valence-corrected chi connectivity index (χ0v) is 11.3. The van der Waals surface area contributed by atoms with E-state index < -0.39 is 11.4 Å². The number of phenols is 1. The smallest absolute Gasteiger partial charge is 0.310 e. The Labute approximate surface area is 117 Å². The number of carbonyl (C=O) groups excluding carboxylic acids is 1. The van der Waals surface area contributed by atoms with Crippen LogP contribution in [0.15, 0.2) is 24.3 Å². The molecule has 1 fully saturated rings. The van der Waals surface area contributed by atoms with Gasteiger partial charge in [-0.25, -0.2) is 0 Å². The Morgan fingerprint density at radius 3 is 2.45 bits per heavy atom. The number of carboxylic acid groups (broad SMARTS) is 1. The van der Waals surface area contributed by atoms with Crippen molar-refractivity contribution in [3.63, 3.8) is 0 Å². The molecule has 1 saturated carbocycles. The normalized spacial score (nSPS) is 16.8. The molecule has 0 atom stereocenters. The zero-order chi connectivity index (χ0) is 14.6. The number of hydrogen-bond donors (Lipinski definition) is 3. The van der Waals surface area contributed by atoms with Crippen LogP contribution in [0.3, 0.4) is 0 Å². The summed E-state index contributed by atoms with van der Waals surface area (Å²) < 4.78 is 0. The topological polar surface area (TPSA) is 86.6 Å². The average molecular weight is 277 g/mol. The summed E-state index contributed by atoms with van der Waals surface area (Å²) >= 11 is 0. The summed E-state index contributed by atoms with van der Waals surface area (Å²) in [5.74, 6) is -1.04. The fourth-order valence-electron chi connectivity index (χ4n) is 2.74. The first-order valence-corrected chi connectivity index (χ1v) is 6.80. The Hall–Kier alpha value is -2.04. The van der Waals surface area contributed by atoms with Gasteiger partial charge in [0.2, 0.25) is 5.91 Å². The minimum atomic E-state index is -0.900. The minimum absolute atomic E-state index is 0.00985. The van der Waals surface area contributed by atoms with E-state index in [4.69, 9.17) is 0 Å². The summed E-state index contributed by atoms with van der Waals surface area (Å²) in [6, 6.07) is 6.75. The number of aromatic hydroxyl groups is 1. The second-order valence-electron chi connectivity index (χ2n) is 5.37. The van der Waals surface area contributed by atoms with Crippen LogP contribution in [-0.2, 0) is 16.1 Å². The molecule has 3 N–H and O–H groups in total. The van der Waals surface area contributed by atoms with Crippen molar-refractivity contribution in [3.8, 4) is 5.75 Å². The zero-order valence-electron chi connectivity index (χ0n) is 11.3. The predicted octanol–water partition coefficient (Wildman–Crippen LogP) is 2.04. The second kappa shape index (κ2) is 5.94. The molecule has 1 aromatic carbocycles. The fourth-order valence-corrected chi connectivity index (χ4v) is 2.74. The van der Waals surface area contributed by atoms with E-state index in [1.165, 1.54) is 0 Å². The lowest BCUT2D eigenvalue weighted by Gasteiger charge is -2.22. The molecule has 0 bridgehead atoms.